The van der Waals surface area contributed by atoms with Crippen LogP contribution in [0, 0.1) is 5.82 Å². The molecule has 0 amide bonds. The van der Waals surface area contributed by atoms with E-state index in [1.165, 1.54) is 29.2 Å². The molecule has 0 N–H and O–H groups in total. The molecule has 1 aliphatic heterocycles. The van der Waals surface area contributed by atoms with Gasteiger partial charge in [-0.15, -0.1) is 0 Å². The summed E-state index contributed by atoms with van der Waals surface area (Å²) in [7, 11) is 0. The zero-order chi connectivity index (χ0) is 19.0. The molecule has 142 valence electrons. The molecule has 5 rings (SSSR count). The Morgan fingerprint density at radius 2 is 1.61 bits per heavy atom. The van der Waals surface area contributed by atoms with E-state index in [-0.39, 0.29) is 17.3 Å². The Bertz CT molecular complexity index is 963. The Labute approximate surface area is 166 Å². The number of rotatable bonds is 3. The number of hydrogen-bond donors (Lipinski definition) is 0. The molecule has 1 fully saturated rings. The number of ether oxygens (including phenoxy) is 1. The fourth-order valence-electron chi connectivity index (χ4n) is 5.14. The Balaban J connectivity index is 1.55. The van der Waals surface area contributed by atoms with Crippen molar-refractivity contribution < 1.29 is 9.13 Å². The molecule has 0 bridgehead atoms. The van der Waals surface area contributed by atoms with Gasteiger partial charge in [-0.05, 0) is 48.4 Å². The van der Waals surface area contributed by atoms with Crippen LogP contribution >= 0.6 is 0 Å². The average molecular weight is 372 g/mol. The number of benzene rings is 3. The van der Waals surface area contributed by atoms with E-state index in [0.717, 1.165) is 37.7 Å². The maximum absolute atomic E-state index is 14.5. The van der Waals surface area contributed by atoms with Crippen molar-refractivity contribution in [1.29, 1.82) is 0 Å². The van der Waals surface area contributed by atoms with Gasteiger partial charge in [-0.3, -0.25) is 0 Å². The molecule has 1 heterocycles. The summed E-state index contributed by atoms with van der Waals surface area (Å²) < 4.78 is 20.7. The van der Waals surface area contributed by atoms with Crippen LogP contribution in [0.1, 0.15) is 54.4 Å². The van der Waals surface area contributed by atoms with E-state index in [2.05, 4.69) is 60.7 Å². The molecule has 28 heavy (non-hydrogen) atoms. The highest BCUT2D eigenvalue weighted by Crippen LogP contribution is 2.53. The van der Waals surface area contributed by atoms with Crippen LogP contribution < -0.4 is 4.74 Å². The highest BCUT2D eigenvalue weighted by molar-refractivity contribution is 5.53. The summed E-state index contributed by atoms with van der Waals surface area (Å²) in [6.07, 6.45) is 6.49. The smallest absolute Gasteiger partial charge is 0.165 e. The highest BCUT2D eigenvalue weighted by Gasteiger charge is 2.51. The lowest BCUT2D eigenvalue weighted by Crippen LogP contribution is -2.38. The summed E-state index contributed by atoms with van der Waals surface area (Å²) in [4.78, 5) is 0. The number of hydrogen-bond acceptors (Lipinski definition) is 1. The lowest BCUT2D eigenvalue weighted by atomic mass is 9.68. The minimum absolute atomic E-state index is 0.0295. The van der Waals surface area contributed by atoms with E-state index in [1.807, 2.05) is 6.07 Å². The molecule has 3 aromatic rings. The summed E-state index contributed by atoms with van der Waals surface area (Å²) in [5.74, 6) is 0.244. The molecular formula is C26H25FO. The maximum Gasteiger partial charge on any atom is 0.165 e. The molecule has 2 atom stereocenters. The van der Waals surface area contributed by atoms with Crippen molar-refractivity contribution in [3.05, 3.63) is 101 Å². The van der Waals surface area contributed by atoms with E-state index < -0.39 is 0 Å². The molecule has 2 unspecified atom stereocenters. The topological polar surface area (TPSA) is 9.23 Å². The first kappa shape index (κ1) is 17.5. The van der Waals surface area contributed by atoms with Gasteiger partial charge in [0.15, 0.2) is 11.6 Å². The van der Waals surface area contributed by atoms with Gasteiger partial charge in [0.25, 0.3) is 0 Å². The van der Waals surface area contributed by atoms with Gasteiger partial charge >= 0.3 is 0 Å². The summed E-state index contributed by atoms with van der Waals surface area (Å²) in [5.41, 5.74) is 4.70. The Hall–Kier alpha value is -2.61. The Morgan fingerprint density at radius 1 is 0.821 bits per heavy atom. The van der Waals surface area contributed by atoms with E-state index >= 15 is 0 Å². The maximum atomic E-state index is 14.5. The van der Waals surface area contributed by atoms with Gasteiger partial charge < -0.3 is 4.74 Å². The monoisotopic (exact) mass is 372 g/mol. The van der Waals surface area contributed by atoms with Crippen molar-refractivity contribution in [3.8, 4) is 5.75 Å². The number of para-hydroxylation sites is 1. The molecule has 1 saturated carbocycles. The lowest BCUT2D eigenvalue weighted by molar-refractivity contribution is 0.154. The third-order valence-electron chi connectivity index (χ3n) is 6.51. The van der Waals surface area contributed by atoms with Crippen LogP contribution in [-0.2, 0) is 11.8 Å². The number of fused-ring (bicyclic) bond motifs is 3. The van der Waals surface area contributed by atoms with Crippen LogP contribution in [0.4, 0.5) is 4.39 Å². The molecule has 0 spiro atoms. The standard InChI is InChI=1S/C26H25FO/c27-23-11-7-10-22-25(23)28-24-12-5-2-6-17-26(22,24)21-15-13-20(14-16-21)18-19-8-3-1-4-9-19/h1,3-4,7-11,13-16,24H,2,5-6,12,17-18H2. The van der Waals surface area contributed by atoms with Gasteiger partial charge in [0, 0.05) is 5.56 Å². The molecule has 1 nitrogen and oxygen atoms in total. The molecule has 0 aromatic heterocycles. The minimum Gasteiger partial charge on any atom is -0.486 e. The van der Waals surface area contributed by atoms with Crippen LogP contribution in [-0.4, -0.2) is 6.10 Å². The van der Waals surface area contributed by atoms with Gasteiger partial charge in [0.2, 0.25) is 0 Å². The third kappa shape index (κ3) is 2.83. The van der Waals surface area contributed by atoms with Gasteiger partial charge in [-0.1, -0.05) is 79.6 Å². The molecule has 2 heteroatoms. The van der Waals surface area contributed by atoms with Crippen LogP contribution in [0.5, 0.6) is 5.75 Å². The second-order valence-corrected chi connectivity index (χ2v) is 8.15. The van der Waals surface area contributed by atoms with E-state index in [4.69, 9.17) is 4.74 Å². The predicted molar refractivity (Wildman–Crippen MR) is 110 cm³/mol. The number of halogens is 1. The predicted octanol–water partition coefficient (Wildman–Crippen LogP) is 6.43. The first-order valence-corrected chi connectivity index (χ1v) is 10.4. The SMILES string of the molecule is Fc1cccc2c1OC1CCCCCC21c1ccc(Cc2ccccc2)cc1. The molecule has 2 aliphatic rings. The second kappa shape index (κ2) is 7.09. The van der Waals surface area contributed by atoms with Crippen LogP contribution in [0.15, 0.2) is 72.8 Å². The van der Waals surface area contributed by atoms with Crippen molar-refractivity contribution in [2.45, 2.75) is 50.0 Å². The summed E-state index contributed by atoms with van der Waals surface area (Å²) in [5, 5.41) is 0. The Morgan fingerprint density at radius 3 is 2.43 bits per heavy atom. The van der Waals surface area contributed by atoms with E-state index in [0.29, 0.717) is 5.75 Å². The van der Waals surface area contributed by atoms with Gasteiger partial charge in [-0.2, -0.15) is 0 Å². The van der Waals surface area contributed by atoms with Gasteiger partial charge in [0.05, 0.1) is 5.41 Å². The molecule has 0 saturated heterocycles. The van der Waals surface area contributed by atoms with Gasteiger partial charge in [0.1, 0.15) is 6.10 Å². The summed E-state index contributed by atoms with van der Waals surface area (Å²) in [6, 6.07) is 24.9. The quantitative estimate of drug-likeness (QED) is 0.515. The molecule has 0 radical (unpaired) electrons. The normalized spacial score (nSPS) is 23.4. The van der Waals surface area contributed by atoms with E-state index in [9.17, 15) is 4.39 Å². The Kier molecular flexibility index (Phi) is 4.43. The zero-order valence-electron chi connectivity index (χ0n) is 16.0. The van der Waals surface area contributed by atoms with Crippen molar-refractivity contribution in [1.82, 2.24) is 0 Å². The molecule has 3 aromatic carbocycles. The summed E-state index contributed by atoms with van der Waals surface area (Å²) in [6.45, 7) is 0. The average Bonchev–Trinajstić information content (AvgIpc) is 2.90. The fourth-order valence-corrected chi connectivity index (χ4v) is 5.14. The summed E-state index contributed by atoms with van der Waals surface area (Å²) >= 11 is 0. The van der Waals surface area contributed by atoms with Crippen LogP contribution in [0.2, 0.25) is 0 Å². The first-order valence-electron chi connectivity index (χ1n) is 10.4. The molecule has 1 aliphatic carbocycles. The van der Waals surface area contributed by atoms with Crippen molar-refractivity contribution in [2.24, 2.45) is 0 Å². The third-order valence-corrected chi connectivity index (χ3v) is 6.51. The fraction of sp³-hybridized carbons (Fsp3) is 0.308. The second-order valence-electron chi connectivity index (χ2n) is 8.15. The van der Waals surface area contributed by atoms with Crippen LogP contribution in [0.25, 0.3) is 0 Å². The van der Waals surface area contributed by atoms with Crippen molar-refractivity contribution >= 4 is 0 Å². The first-order chi connectivity index (χ1) is 13.8. The lowest BCUT2D eigenvalue weighted by Gasteiger charge is -2.34. The minimum atomic E-state index is -0.231. The van der Waals surface area contributed by atoms with Crippen molar-refractivity contribution in [3.63, 3.8) is 0 Å². The zero-order valence-corrected chi connectivity index (χ0v) is 16.0. The van der Waals surface area contributed by atoms with Crippen molar-refractivity contribution in [2.75, 3.05) is 0 Å². The van der Waals surface area contributed by atoms with Gasteiger partial charge in [-0.25, -0.2) is 4.39 Å². The van der Waals surface area contributed by atoms with Crippen LogP contribution in [0.3, 0.4) is 0 Å². The molecular weight excluding hydrogens is 347 g/mol. The largest absolute Gasteiger partial charge is 0.486 e. The van der Waals surface area contributed by atoms with E-state index in [1.54, 1.807) is 0 Å². The highest BCUT2D eigenvalue weighted by atomic mass is 19.1.